The number of hydrogen-bond acceptors (Lipinski definition) is 4. The third kappa shape index (κ3) is 5.47. The number of anilines is 1. The summed E-state index contributed by atoms with van der Waals surface area (Å²) in [6.45, 7) is 0. The van der Waals surface area contributed by atoms with Crippen LogP contribution in [0.2, 0.25) is 0 Å². The van der Waals surface area contributed by atoms with Gasteiger partial charge >= 0.3 is 5.76 Å². The Labute approximate surface area is 166 Å². The molecule has 0 unspecified atom stereocenters. The molecule has 1 aliphatic rings. The van der Waals surface area contributed by atoms with Gasteiger partial charge in [-0.25, -0.2) is 8.42 Å². The molecule has 0 radical (unpaired) electrons. The van der Waals surface area contributed by atoms with Gasteiger partial charge in [-0.2, -0.15) is 8.78 Å². The summed E-state index contributed by atoms with van der Waals surface area (Å²) >= 11 is 0. The standard InChI is InChI=1S/C20H18F2N2O4S/c21-20(22)29(27,28)17-10-8-15(9-11-17)23-18(25)12-3-13-1-4-14(5-2-13)19(26)24-16-6-7-16/h1-5,8-12,16,20H,6-7H2,(H,23,25)(H,24,26)/b12-3+. The van der Waals surface area contributed by atoms with Crippen molar-refractivity contribution >= 4 is 33.4 Å². The molecule has 9 heteroatoms. The van der Waals surface area contributed by atoms with Crippen LogP contribution in [0.4, 0.5) is 14.5 Å². The van der Waals surface area contributed by atoms with Gasteiger partial charge in [0, 0.05) is 23.4 Å². The summed E-state index contributed by atoms with van der Waals surface area (Å²) in [7, 11) is -4.67. The van der Waals surface area contributed by atoms with E-state index in [1.54, 1.807) is 30.3 Å². The van der Waals surface area contributed by atoms with Gasteiger partial charge in [-0.05, 0) is 60.9 Å². The van der Waals surface area contributed by atoms with Gasteiger partial charge in [0.1, 0.15) is 0 Å². The van der Waals surface area contributed by atoms with Crippen molar-refractivity contribution in [1.82, 2.24) is 5.32 Å². The molecule has 2 aromatic carbocycles. The zero-order valence-electron chi connectivity index (χ0n) is 15.1. The highest BCUT2D eigenvalue weighted by atomic mass is 32.2. The van der Waals surface area contributed by atoms with Crippen LogP contribution >= 0.6 is 0 Å². The van der Waals surface area contributed by atoms with Crippen molar-refractivity contribution in [3.05, 3.63) is 65.7 Å². The van der Waals surface area contributed by atoms with Gasteiger partial charge in [-0.1, -0.05) is 12.1 Å². The van der Waals surface area contributed by atoms with Crippen molar-refractivity contribution in [3.63, 3.8) is 0 Å². The van der Waals surface area contributed by atoms with Gasteiger partial charge in [-0.3, -0.25) is 9.59 Å². The minimum absolute atomic E-state index is 0.127. The number of sulfone groups is 1. The van der Waals surface area contributed by atoms with Crippen LogP contribution < -0.4 is 10.6 Å². The van der Waals surface area contributed by atoms with Crippen molar-refractivity contribution in [3.8, 4) is 0 Å². The molecular weight excluding hydrogens is 402 g/mol. The van der Waals surface area contributed by atoms with Crippen LogP contribution in [0, 0.1) is 0 Å². The van der Waals surface area contributed by atoms with E-state index in [9.17, 15) is 26.8 Å². The maximum atomic E-state index is 12.5. The Morgan fingerprint density at radius 3 is 2.17 bits per heavy atom. The normalized spacial score (nSPS) is 14.2. The predicted molar refractivity (Wildman–Crippen MR) is 104 cm³/mol. The molecule has 2 amide bonds. The molecule has 1 fully saturated rings. The van der Waals surface area contributed by atoms with Crippen molar-refractivity contribution in [2.24, 2.45) is 0 Å². The Morgan fingerprint density at radius 1 is 1.00 bits per heavy atom. The number of carbonyl (C=O) groups is 2. The molecule has 0 saturated heterocycles. The van der Waals surface area contributed by atoms with Crippen molar-refractivity contribution in [2.75, 3.05) is 5.32 Å². The maximum Gasteiger partial charge on any atom is 0.341 e. The Hall–Kier alpha value is -3.07. The lowest BCUT2D eigenvalue weighted by molar-refractivity contribution is -0.111. The fourth-order valence-corrected chi connectivity index (χ4v) is 3.15. The molecule has 0 aliphatic heterocycles. The van der Waals surface area contributed by atoms with E-state index in [1.807, 2.05) is 0 Å². The fraction of sp³-hybridized carbons (Fsp3) is 0.200. The largest absolute Gasteiger partial charge is 0.349 e. The van der Waals surface area contributed by atoms with Crippen LogP contribution in [0.15, 0.2) is 59.5 Å². The summed E-state index contributed by atoms with van der Waals surface area (Å²) in [6.07, 6.45) is 4.83. The summed E-state index contributed by atoms with van der Waals surface area (Å²) in [4.78, 5) is 23.4. The van der Waals surface area contributed by atoms with E-state index in [4.69, 9.17) is 0 Å². The highest BCUT2D eigenvalue weighted by molar-refractivity contribution is 7.91. The van der Waals surface area contributed by atoms with Crippen LogP contribution in [0.1, 0.15) is 28.8 Å². The van der Waals surface area contributed by atoms with Gasteiger partial charge in [0.05, 0.1) is 4.90 Å². The molecule has 3 rings (SSSR count). The van der Waals surface area contributed by atoms with Crippen LogP contribution in [0.5, 0.6) is 0 Å². The fourth-order valence-electron chi connectivity index (χ4n) is 2.43. The average Bonchev–Trinajstić information content (AvgIpc) is 3.51. The third-order valence-corrected chi connectivity index (χ3v) is 5.60. The van der Waals surface area contributed by atoms with E-state index in [0.717, 1.165) is 25.0 Å². The topological polar surface area (TPSA) is 92.3 Å². The SMILES string of the molecule is O=C(/C=C/c1ccc(C(=O)NC2CC2)cc1)Nc1ccc(S(=O)(=O)C(F)F)cc1. The van der Waals surface area contributed by atoms with Gasteiger partial charge in [0.25, 0.3) is 5.91 Å². The molecule has 0 bridgehead atoms. The summed E-state index contributed by atoms with van der Waals surface area (Å²) in [5, 5.41) is 5.39. The molecule has 2 aromatic rings. The first-order chi connectivity index (χ1) is 13.8. The number of nitrogens with one attached hydrogen (secondary N) is 2. The van der Waals surface area contributed by atoms with Gasteiger partial charge < -0.3 is 10.6 Å². The van der Waals surface area contributed by atoms with E-state index in [2.05, 4.69) is 10.6 Å². The highest BCUT2D eigenvalue weighted by Gasteiger charge is 2.26. The van der Waals surface area contributed by atoms with Crippen molar-refractivity contribution in [1.29, 1.82) is 0 Å². The Bertz CT molecular complexity index is 1030. The number of hydrogen-bond donors (Lipinski definition) is 2. The van der Waals surface area contributed by atoms with Crippen molar-refractivity contribution < 1.29 is 26.8 Å². The summed E-state index contributed by atoms with van der Waals surface area (Å²) in [6, 6.07) is 11.5. The maximum absolute atomic E-state index is 12.5. The number of amides is 2. The number of benzene rings is 2. The quantitative estimate of drug-likeness (QED) is 0.673. The molecule has 29 heavy (non-hydrogen) atoms. The number of alkyl halides is 2. The first-order valence-corrected chi connectivity index (χ1v) is 10.3. The lowest BCUT2D eigenvalue weighted by Gasteiger charge is -2.05. The molecule has 6 nitrogen and oxygen atoms in total. The van der Waals surface area contributed by atoms with Gasteiger partial charge in [-0.15, -0.1) is 0 Å². The minimum Gasteiger partial charge on any atom is -0.349 e. The second-order valence-electron chi connectivity index (χ2n) is 6.52. The smallest absolute Gasteiger partial charge is 0.341 e. The van der Waals surface area contributed by atoms with Crippen LogP contribution in [0.25, 0.3) is 6.08 Å². The molecule has 1 aliphatic carbocycles. The highest BCUT2D eigenvalue weighted by Crippen LogP contribution is 2.21. The van der Waals surface area contributed by atoms with Gasteiger partial charge in [0.2, 0.25) is 15.7 Å². The molecule has 2 N–H and O–H groups in total. The molecule has 1 saturated carbocycles. The summed E-state index contributed by atoms with van der Waals surface area (Å²) in [5.41, 5.74) is 1.51. The van der Waals surface area contributed by atoms with E-state index in [-0.39, 0.29) is 17.6 Å². The first-order valence-electron chi connectivity index (χ1n) is 8.78. The minimum atomic E-state index is -4.67. The Morgan fingerprint density at radius 2 is 1.62 bits per heavy atom. The Balaban J connectivity index is 1.57. The summed E-state index contributed by atoms with van der Waals surface area (Å²) < 4.78 is 47.8. The van der Waals surface area contributed by atoms with Crippen LogP contribution in [-0.2, 0) is 14.6 Å². The second-order valence-corrected chi connectivity index (χ2v) is 8.44. The van der Waals surface area contributed by atoms with Crippen LogP contribution in [-0.4, -0.2) is 32.0 Å². The zero-order valence-corrected chi connectivity index (χ0v) is 16.0. The predicted octanol–water partition coefficient (Wildman–Crippen LogP) is 3.23. The monoisotopic (exact) mass is 420 g/mol. The average molecular weight is 420 g/mol. The number of carbonyl (C=O) groups excluding carboxylic acids is 2. The molecule has 0 spiro atoms. The summed E-state index contributed by atoms with van der Waals surface area (Å²) in [5.74, 6) is -4.11. The van der Waals surface area contributed by atoms with E-state index < -0.39 is 26.4 Å². The molecule has 152 valence electrons. The lowest BCUT2D eigenvalue weighted by atomic mass is 10.1. The van der Waals surface area contributed by atoms with Gasteiger partial charge in [0.15, 0.2) is 0 Å². The second kappa shape index (κ2) is 8.52. The van der Waals surface area contributed by atoms with E-state index >= 15 is 0 Å². The molecule has 0 aromatic heterocycles. The third-order valence-electron chi connectivity index (χ3n) is 4.20. The zero-order chi connectivity index (χ0) is 21.0. The van der Waals surface area contributed by atoms with Crippen LogP contribution in [0.3, 0.4) is 0 Å². The molecule has 0 heterocycles. The van der Waals surface area contributed by atoms with E-state index in [1.165, 1.54) is 18.2 Å². The number of halogens is 2. The lowest BCUT2D eigenvalue weighted by Crippen LogP contribution is -2.25. The molecular formula is C20H18F2N2O4S. The van der Waals surface area contributed by atoms with E-state index in [0.29, 0.717) is 11.1 Å². The van der Waals surface area contributed by atoms with Crippen molar-refractivity contribution in [2.45, 2.75) is 29.5 Å². The molecule has 0 atom stereocenters. The first kappa shape index (κ1) is 20.7. The number of rotatable bonds is 7. The Kier molecular flexibility index (Phi) is 6.07.